The number of hydrogen-bond donors (Lipinski definition) is 1. The summed E-state index contributed by atoms with van der Waals surface area (Å²) in [6.07, 6.45) is 0. The van der Waals surface area contributed by atoms with Crippen LogP contribution >= 0.6 is 36.6 Å². The minimum absolute atomic E-state index is 0. The van der Waals surface area contributed by atoms with Gasteiger partial charge in [-0.25, -0.2) is 0 Å². The summed E-state index contributed by atoms with van der Waals surface area (Å²) in [5.74, 6) is 1.33. The lowest BCUT2D eigenvalue weighted by Gasteiger charge is -2.32. The first-order valence-electron chi connectivity index (χ1n) is 9.68. The lowest BCUT2D eigenvalue weighted by Crippen LogP contribution is -2.48. The molecule has 0 aromatic heterocycles. The average Bonchev–Trinajstić information content (AvgIpc) is 2.85. The number of fused-ring (bicyclic) bond motifs is 2. The van der Waals surface area contributed by atoms with E-state index in [0.29, 0.717) is 13.1 Å². The maximum atomic E-state index is 12.6. The van der Waals surface area contributed by atoms with Gasteiger partial charge >= 0.3 is 0 Å². The fraction of sp³-hybridized carbons (Fsp3) is 0.409. The molecule has 2 aliphatic heterocycles. The van der Waals surface area contributed by atoms with Gasteiger partial charge in [0.05, 0.1) is 6.54 Å². The molecule has 0 bridgehead atoms. The van der Waals surface area contributed by atoms with Crippen LogP contribution in [0.5, 0.6) is 0 Å². The quantitative estimate of drug-likeness (QED) is 0.743. The van der Waals surface area contributed by atoms with E-state index >= 15 is 0 Å². The second-order valence-corrected chi connectivity index (χ2v) is 8.48. The molecule has 2 aromatic carbocycles. The van der Waals surface area contributed by atoms with Crippen molar-refractivity contribution < 1.29 is 10.3 Å². The third-order valence-electron chi connectivity index (χ3n) is 5.57. The smallest absolute Gasteiger partial charge is 0.234 e. The number of rotatable bonds is 4. The molecule has 0 aliphatic carbocycles. The average molecular weight is 472 g/mol. The van der Waals surface area contributed by atoms with Gasteiger partial charge in [0.1, 0.15) is 0 Å². The van der Waals surface area contributed by atoms with Gasteiger partial charge in [0.2, 0.25) is 5.91 Å². The van der Waals surface area contributed by atoms with Crippen LogP contribution < -0.4 is 5.32 Å². The largest absolute Gasteiger partial charge is 0.412 e. The lowest BCUT2D eigenvalue weighted by molar-refractivity contribution is -0.122. The molecule has 8 heteroatoms. The Morgan fingerprint density at radius 1 is 1.00 bits per heavy atom. The van der Waals surface area contributed by atoms with Crippen molar-refractivity contribution in [3.8, 4) is 0 Å². The topological polar surface area (TPSA) is 67.1 Å². The molecule has 1 unspecified atom stereocenters. The van der Waals surface area contributed by atoms with Gasteiger partial charge in [-0.3, -0.25) is 9.69 Å². The molecule has 2 heterocycles. The highest BCUT2D eigenvalue weighted by Gasteiger charge is 2.24. The van der Waals surface area contributed by atoms with E-state index in [4.69, 9.17) is 0 Å². The number of hydrogen-bond acceptors (Lipinski definition) is 4. The Bertz CT molecular complexity index is 769. The minimum Gasteiger partial charge on any atom is -0.412 e. The summed E-state index contributed by atoms with van der Waals surface area (Å²) in [6, 6.07) is 17.3. The fourth-order valence-electron chi connectivity index (χ4n) is 3.93. The second kappa shape index (κ2) is 12.5. The first-order chi connectivity index (χ1) is 13.2. The van der Waals surface area contributed by atoms with Crippen LogP contribution in [0.2, 0.25) is 0 Å². The number of carbonyl (C=O) groups is 1. The van der Waals surface area contributed by atoms with Crippen molar-refractivity contribution >= 4 is 42.5 Å². The van der Waals surface area contributed by atoms with Crippen LogP contribution in [0.25, 0.3) is 0 Å². The van der Waals surface area contributed by atoms with E-state index in [0.717, 1.165) is 31.9 Å². The molecule has 5 nitrogen and oxygen atoms in total. The summed E-state index contributed by atoms with van der Waals surface area (Å²) in [7, 11) is 2.14. The Morgan fingerprint density at radius 2 is 1.63 bits per heavy atom. The predicted molar refractivity (Wildman–Crippen MR) is 129 cm³/mol. The maximum Gasteiger partial charge on any atom is 0.234 e. The first kappa shape index (κ1) is 26.8. The Morgan fingerprint density at radius 3 is 2.37 bits per heavy atom. The van der Waals surface area contributed by atoms with Crippen LogP contribution in [0, 0.1) is 0 Å². The molecule has 1 fully saturated rings. The highest BCUT2D eigenvalue weighted by Crippen LogP contribution is 2.40. The van der Waals surface area contributed by atoms with Crippen molar-refractivity contribution in [1.29, 1.82) is 0 Å². The minimum atomic E-state index is 0. The Kier molecular flexibility index (Phi) is 11.2. The van der Waals surface area contributed by atoms with Crippen molar-refractivity contribution in [2.24, 2.45) is 0 Å². The SMILES string of the molecule is CN1CCN(CC(=O)NCC2c3ccccc3CSc3ccccc32)CC1.Cl.Cl.O. The number of likely N-dealkylation sites (N-methyl/N-ethyl adjacent to an activating group) is 1. The van der Waals surface area contributed by atoms with Crippen molar-refractivity contribution in [2.45, 2.75) is 16.6 Å². The first-order valence-corrected chi connectivity index (χ1v) is 10.7. The summed E-state index contributed by atoms with van der Waals surface area (Å²) in [5, 5.41) is 3.22. The standard InChI is InChI=1S/C22H27N3OS.2ClH.H2O/c1-24-10-12-25(13-11-24)15-22(26)23-14-20-18-7-3-2-6-17(18)16-27-21-9-5-4-8-19(20)21;;;/h2-9,20H,10-16H2,1H3,(H,23,26);2*1H;1H2. The molecule has 4 rings (SSSR count). The highest BCUT2D eigenvalue weighted by atomic mass is 35.5. The molecule has 2 aliphatic rings. The molecule has 0 spiro atoms. The molecule has 0 radical (unpaired) electrons. The molecule has 1 atom stereocenters. The molecular formula is C22H31Cl2N3O2S. The van der Waals surface area contributed by atoms with Crippen molar-refractivity contribution in [3.05, 3.63) is 65.2 Å². The van der Waals surface area contributed by atoms with Crippen molar-refractivity contribution in [3.63, 3.8) is 0 Å². The normalized spacial score (nSPS) is 18.4. The summed E-state index contributed by atoms with van der Waals surface area (Å²) < 4.78 is 0. The Labute approximate surface area is 195 Å². The van der Waals surface area contributed by atoms with Crippen LogP contribution in [0.4, 0.5) is 0 Å². The predicted octanol–water partition coefficient (Wildman–Crippen LogP) is 2.81. The number of nitrogens with zero attached hydrogens (tertiary/aromatic N) is 2. The molecule has 0 saturated carbocycles. The number of nitrogens with one attached hydrogen (secondary N) is 1. The van der Waals surface area contributed by atoms with Gasteiger partial charge in [-0.2, -0.15) is 0 Å². The Balaban J connectivity index is 0.00000150. The van der Waals surface area contributed by atoms with E-state index in [9.17, 15) is 4.79 Å². The van der Waals surface area contributed by atoms with Gasteiger partial charge in [-0.1, -0.05) is 42.5 Å². The van der Waals surface area contributed by atoms with E-state index in [1.54, 1.807) is 0 Å². The highest BCUT2D eigenvalue weighted by molar-refractivity contribution is 7.98. The Hall–Kier alpha value is -1.28. The molecule has 2 aromatic rings. The molecule has 30 heavy (non-hydrogen) atoms. The zero-order chi connectivity index (χ0) is 18.6. The zero-order valence-electron chi connectivity index (χ0n) is 17.2. The van der Waals surface area contributed by atoms with Gasteiger partial charge in [0.25, 0.3) is 0 Å². The number of amides is 1. The summed E-state index contributed by atoms with van der Waals surface area (Å²) in [5.41, 5.74) is 4.04. The third kappa shape index (κ3) is 6.36. The van der Waals surface area contributed by atoms with Crippen LogP contribution in [0.15, 0.2) is 53.4 Å². The van der Waals surface area contributed by atoms with Gasteiger partial charge in [-0.05, 0) is 29.8 Å². The van der Waals surface area contributed by atoms with Crippen molar-refractivity contribution in [2.75, 3.05) is 46.3 Å². The zero-order valence-corrected chi connectivity index (χ0v) is 19.6. The molecule has 3 N–H and O–H groups in total. The number of carbonyl (C=O) groups excluding carboxylic acids is 1. The van der Waals surface area contributed by atoms with E-state index in [1.165, 1.54) is 21.6 Å². The second-order valence-electron chi connectivity index (χ2n) is 7.46. The number of benzene rings is 2. The van der Waals surface area contributed by atoms with E-state index in [-0.39, 0.29) is 42.1 Å². The van der Waals surface area contributed by atoms with E-state index < -0.39 is 0 Å². The maximum absolute atomic E-state index is 12.6. The number of thioether (sulfide) groups is 1. The van der Waals surface area contributed by atoms with Crippen LogP contribution in [0.3, 0.4) is 0 Å². The summed E-state index contributed by atoms with van der Waals surface area (Å²) >= 11 is 1.89. The van der Waals surface area contributed by atoms with E-state index in [2.05, 4.69) is 70.7 Å². The molecule has 1 amide bonds. The van der Waals surface area contributed by atoms with Crippen LogP contribution in [-0.2, 0) is 10.5 Å². The molecule has 166 valence electrons. The fourth-order valence-corrected chi connectivity index (χ4v) is 5.05. The van der Waals surface area contributed by atoms with Gasteiger partial charge in [0, 0.05) is 49.3 Å². The van der Waals surface area contributed by atoms with Gasteiger partial charge in [0.15, 0.2) is 0 Å². The molecular weight excluding hydrogens is 441 g/mol. The summed E-state index contributed by atoms with van der Waals surface area (Å²) in [6.45, 7) is 5.16. The van der Waals surface area contributed by atoms with Crippen molar-refractivity contribution in [1.82, 2.24) is 15.1 Å². The molecule has 1 saturated heterocycles. The van der Waals surface area contributed by atoms with Gasteiger partial charge in [-0.15, -0.1) is 36.6 Å². The number of piperazine rings is 1. The van der Waals surface area contributed by atoms with Crippen LogP contribution in [0.1, 0.15) is 22.6 Å². The van der Waals surface area contributed by atoms with Gasteiger partial charge < -0.3 is 15.7 Å². The summed E-state index contributed by atoms with van der Waals surface area (Å²) in [4.78, 5) is 18.5. The lowest BCUT2D eigenvalue weighted by atomic mass is 9.88. The van der Waals surface area contributed by atoms with Crippen LogP contribution in [-0.4, -0.2) is 67.5 Å². The monoisotopic (exact) mass is 471 g/mol. The third-order valence-corrected chi connectivity index (χ3v) is 6.71. The number of halogens is 2. The van der Waals surface area contributed by atoms with E-state index in [1.807, 2.05) is 11.8 Å².